The van der Waals surface area contributed by atoms with Crippen molar-refractivity contribution in [1.82, 2.24) is 14.5 Å². The fraction of sp³-hybridized carbons (Fsp3) is 0.236. The quantitative estimate of drug-likeness (QED) is 0.182. The Balaban J connectivity index is 1.63. The first-order valence-electron chi connectivity index (χ1n) is 29.5. The van der Waals surface area contributed by atoms with E-state index in [1.165, 1.54) is 22.8 Å². The zero-order chi connectivity index (χ0) is 59.4. The molecule has 0 saturated carbocycles. The summed E-state index contributed by atoms with van der Waals surface area (Å²) in [5.41, 5.74) is -6.83. The molecule has 0 fully saturated rings. The molecule has 8 rings (SSSR count). The molecular formula is C55H55N3O. The van der Waals surface area contributed by atoms with Gasteiger partial charge in [0.1, 0.15) is 11.6 Å². The zero-order valence-electron chi connectivity index (χ0n) is 53.6. The molecule has 59 heavy (non-hydrogen) atoms. The van der Waals surface area contributed by atoms with E-state index in [9.17, 15) is 5.11 Å². The molecule has 1 N–H and O–H groups in total. The van der Waals surface area contributed by atoms with Gasteiger partial charge in [-0.2, -0.15) is 0 Å². The van der Waals surface area contributed by atoms with Crippen LogP contribution >= 0.6 is 0 Å². The van der Waals surface area contributed by atoms with Gasteiger partial charge in [-0.25, -0.2) is 4.98 Å². The van der Waals surface area contributed by atoms with Gasteiger partial charge in [-0.1, -0.05) is 158 Å². The van der Waals surface area contributed by atoms with Gasteiger partial charge in [0.05, 0.1) is 28.0 Å². The van der Waals surface area contributed by atoms with E-state index in [-0.39, 0.29) is 33.9 Å². The minimum absolute atomic E-state index is 0.0817. The summed E-state index contributed by atoms with van der Waals surface area (Å²) in [4.78, 5) is 9.86. The minimum Gasteiger partial charge on any atom is -0.507 e. The number of aromatic nitrogens is 3. The minimum atomic E-state index is -4.19. The van der Waals surface area contributed by atoms with Crippen LogP contribution in [0.2, 0.25) is 0 Å². The van der Waals surface area contributed by atoms with Crippen LogP contribution in [-0.4, -0.2) is 19.6 Å². The Hall–Kier alpha value is -6.26. The summed E-state index contributed by atoms with van der Waals surface area (Å²) in [6, 6.07) is 37.6. The van der Waals surface area contributed by atoms with E-state index in [1.54, 1.807) is 54.7 Å². The lowest BCUT2D eigenvalue weighted by molar-refractivity contribution is 0.446. The molecule has 0 spiro atoms. The molecule has 4 nitrogen and oxygen atoms in total. The van der Waals surface area contributed by atoms with Gasteiger partial charge in [0.15, 0.2) is 0 Å². The molecule has 0 amide bonds. The van der Waals surface area contributed by atoms with Gasteiger partial charge in [-0.3, -0.25) is 9.55 Å². The number of benzene rings is 6. The lowest BCUT2D eigenvalue weighted by atomic mass is 9.79. The highest BCUT2D eigenvalue weighted by Crippen LogP contribution is 2.46. The van der Waals surface area contributed by atoms with E-state index in [4.69, 9.17) is 38.8 Å². The van der Waals surface area contributed by atoms with Crippen LogP contribution in [0.25, 0.3) is 72.7 Å². The van der Waals surface area contributed by atoms with E-state index in [0.29, 0.717) is 34.0 Å². The monoisotopic (exact) mass is 795 g/mol. The molecule has 0 radical (unpaired) electrons. The van der Waals surface area contributed by atoms with Crippen molar-refractivity contribution in [3.63, 3.8) is 0 Å². The highest BCUT2D eigenvalue weighted by molar-refractivity contribution is 5.98. The maximum absolute atomic E-state index is 13.0. The topological polar surface area (TPSA) is 50.9 Å². The molecule has 8 aromatic rings. The second-order valence-corrected chi connectivity index (χ2v) is 15.8. The van der Waals surface area contributed by atoms with Gasteiger partial charge in [0, 0.05) is 57.2 Å². The number of hydrogen-bond acceptors (Lipinski definition) is 3. The molecule has 0 atom stereocenters. The fourth-order valence-electron chi connectivity index (χ4n) is 7.41. The van der Waals surface area contributed by atoms with Crippen molar-refractivity contribution in [3.05, 3.63) is 168 Å². The van der Waals surface area contributed by atoms with Crippen LogP contribution in [0.15, 0.2) is 146 Å². The normalized spacial score (nSPS) is 19.1. The molecule has 4 heteroatoms. The van der Waals surface area contributed by atoms with Crippen LogP contribution in [0.3, 0.4) is 0 Å². The number of aryl methyl sites for hydroxylation is 1. The standard InChI is InChI=1S/C55H55N3O/c1-35-24-25-48(44(28-35)37-20-15-12-16-21-37)58-49-23-17-22-43(50(49)57-52(58)45-33-42(54(5,6)7)34-46(51(45)59)55(8,9)10)39-29-40(31-41(30-39)53(2,3)4)47-32-38(26-27-56-47)36-18-13-11-14-19-36/h11-34,59H,1-10H3/i1D3,5D3,6D3,7D3,8D3,9D3,10D3. The first-order valence-corrected chi connectivity index (χ1v) is 19.0. The highest BCUT2D eigenvalue weighted by Gasteiger charge is 2.29. The summed E-state index contributed by atoms with van der Waals surface area (Å²) < 4.78 is 184. The first kappa shape index (κ1) is 21.7. The van der Waals surface area contributed by atoms with Gasteiger partial charge in [0.2, 0.25) is 0 Å². The Labute approximate surface area is 379 Å². The van der Waals surface area contributed by atoms with Crippen LogP contribution in [0, 0.1) is 6.85 Å². The van der Waals surface area contributed by atoms with Crippen LogP contribution < -0.4 is 0 Å². The van der Waals surface area contributed by atoms with Crippen molar-refractivity contribution < 1.29 is 33.9 Å². The number of imidazole rings is 1. The van der Waals surface area contributed by atoms with Gasteiger partial charge in [-0.05, 0) is 105 Å². The van der Waals surface area contributed by atoms with Crippen LogP contribution in [0.1, 0.15) is 113 Å². The smallest absolute Gasteiger partial charge is 0.149 e. The lowest BCUT2D eigenvalue weighted by Gasteiger charge is -2.27. The molecule has 0 unspecified atom stereocenters. The van der Waals surface area contributed by atoms with E-state index in [2.05, 4.69) is 0 Å². The van der Waals surface area contributed by atoms with Crippen molar-refractivity contribution >= 4 is 11.0 Å². The Morgan fingerprint density at radius 3 is 1.93 bits per heavy atom. The summed E-state index contributed by atoms with van der Waals surface area (Å²) in [7, 11) is 0. The van der Waals surface area contributed by atoms with Crippen LogP contribution in [-0.2, 0) is 16.2 Å². The summed E-state index contributed by atoms with van der Waals surface area (Å²) in [5.74, 6) is -1.98. The van der Waals surface area contributed by atoms with Gasteiger partial charge in [0.25, 0.3) is 0 Å². The number of aromatic hydroxyl groups is 1. The maximum Gasteiger partial charge on any atom is 0.149 e. The number of phenols is 1. The average molecular weight is 795 g/mol. The second-order valence-electron chi connectivity index (χ2n) is 15.8. The highest BCUT2D eigenvalue weighted by atomic mass is 16.3. The second kappa shape index (κ2) is 14.8. The molecule has 0 aliphatic heterocycles. The number of phenolic OH excluding ortho intramolecular Hbond substituents is 1. The number of rotatable bonds is 6. The van der Waals surface area contributed by atoms with Crippen molar-refractivity contribution in [2.45, 2.75) is 85.0 Å². The number of fused-ring (bicyclic) bond motifs is 1. The zero-order valence-corrected chi connectivity index (χ0v) is 32.6. The van der Waals surface area contributed by atoms with E-state index >= 15 is 0 Å². The molecule has 0 bridgehead atoms. The van der Waals surface area contributed by atoms with E-state index < -0.39 is 92.5 Å². The van der Waals surface area contributed by atoms with Crippen LogP contribution in [0.4, 0.5) is 0 Å². The molecule has 0 aliphatic carbocycles. The molecule has 2 heterocycles. The van der Waals surface area contributed by atoms with Crippen molar-refractivity contribution in [2.24, 2.45) is 0 Å². The summed E-state index contributed by atoms with van der Waals surface area (Å²) in [5, 5.41) is 13.0. The Morgan fingerprint density at radius 2 is 1.24 bits per heavy atom. The molecule has 296 valence electrons. The number of nitrogens with zero attached hydrogens (tertiary/aromatic N) is 3. The number of hydrogen-bond donors (Lipinski definition) is 1. The third kappa shape index (κ3) is 7.72. The Morgan fingerprint density at radius 1 is 0.542 bits per heavy atom. The van der Waals surface area contributed by atoms with Crippen molar-refractivity contribution in [3.8, 4) is 67.5 Å². The predicted molar refractivity (Wildman–Crippen MR) is 249 cm³/mol. The molecule has 0 aliphatic rings. The molecule has 2 aromatic heterocycles. The van der Waals surface area contributed by atoms with E-state index in [0.717, 1.165) is 16.7 Å². The molecular weight excluding hydrogens is 719 g/mol. The molecule has 6 aromatic carbocycles. The summed E-state index contributed by atoms with van der Waals surface area (Å²) >= 11 is 0. The third-order valence-corrected chi connectivity index (χ3v) is 10.5. The summed E-state index contributed by atoms with van der Waals surface area (Å²) in [6.07, 6.45) is 1.69. The maximum atomic E-state index is 13.0. The average Bonchev–Trinajstić information content (AvgIpc) is 3.74. The van der Waals surface area contributed by atoms with E-state index in [1.807, 2.05) is 81.4 Å². The van der Waals surface area contributed by atoms with Crippen molar-refractivity contribution in [2.75, 3.05) is 0 Å². The van der Waals surface area contributed by atoms with Crippen LogP contribution in [0.5, 0.6) is 5.75 Å². The number of para-hydroxylation sites is 1. The Bertz CT molecular complexity index is 3540. The largest absolute Gasteiger partial charge is 0.507 e. The molecule has 0 saturated heterocycles. The van der Waals surface area contributed by atoms with Gasteiger partial charge < -0.3 is 5.11 Å². The fourth-order valence-corrected chi connectivity index (χ4v) is 7.41. The predicted octanol–water partition coefficient (Wildman–Crippen LogP) is 14.7. The first-order chi connectivity index (χ1) is 36.7. The summed E-state index contributed by atoms with van der Waals surface area (Å²) in [6.45, 7) is -21.5. The lowest BCUT2D eigenvalue weighted by Crippen LogP contribution is -2.17. The van der Waals surface area contributed by atoms with Gasteiger partial charge in [-0.15, -0.1) is 0 Å². The number of pyridine rings is 1. The van der Waals surface area contributed by atoms with Gasteiger partial charge >= 0.3 is 0 Å². The third-order valence-electron chi connectivity index (χ3n) is 10.5. The van der Waals surface area contributed by atoms with Crippen molar-refractivity contribution in [1.29, 1.82) is 0 Å². The SMILES string of the molecule is [2H]C([2H])([2H])c1ccc(-n2c(-c3cc(C(C([2H])([2H])[2H])(C([2H])([2H])[2H])C([2H])([2H])[2H])cc(C(C([2H])([2H])[2H])(C([2H])([2H])[2H])C([2H])([2H])[2H])c3O)nc3c(-c4cc(-c5cc(-c6ccccc6)ccn5)cc(C(C)(C)C)c4)cccc32)c(-c2ccccc2)c1. The Kier molecular flexibility index (Phi) is 5.45.